The van der Waals surface area contributed by atoms with Crippen LogP contribution in [0.25, 0.3) is 0 Å². The van der Waals surface area contributed by atoms with E-state index < -0.39 is 5.60 Å². The molecule has 0 aromatic heterocycles. The minimum atomic E-state index is -0.844. The predicted molar refractivity (Wildman–Crippen MR) is 84.0 cm³/mol. The van der Waals surface area contributed by atoms with Crippen LogP contribution in [0.4, 0.5) is 0 Å². The second-order valence-corrected chi connectivity index (χ2v) is 6.08. The first-order valence-electron chi connectivity index (χ1n) is 7.69. The second-order valence-electron chi connectivity index (χ2n) is 6.08. The standard InChI is InChI=1S/C17H27NO3/c1-13(2)18-10-5-8-17(19,9-11-18)15-12-14(20-3)6-7-16(15)21-4/h6-7,12-13,19H,5,8-11H2,1-4H3. The number of aliphatic hydroxyl groups is 1. The van der Waals surface area contributed by atoms with Crippen molar-refractivity contribution >= 4 is 0 Å². The van der Waals surface area contributed by atoms with Crippen LogP contribution in [0.1, 0.15) is 38.7 Å². The van der Waals surface area contributed by atoms with Crippen molar-refractivity contribution in [1.29, 1.82) is 0 Å². The highest BCUT2D eigenvalue weighted by atomic mass is 16.5. The summed E-state index contributed by atoms with van der Waals surface area (Å²) in [5, 5.41) is 11.2. The van der Waals surface area contributed by atoms with Gasteiger partial charge in [-0.25, -0.2) is 0 Å². The van der Waals surface area contributed by atoms with Crippen LogP contribution in [-0.2, 0) is 5.60 Å². The fourth-order valence-electron chi connectivity index (χ4n) is 3.10. The lowest BCUT2D eigenvalue weighted by molar-refractivity contribution is 0.0180. The lowest BCUT2D eigenvalue weighted by Crippen LogP contribution is -2.33. The average Bonchev–Trinajstić information content (AvgIpc) is 2.69. The van der Waals surface area contributed by atoms with Crippen LogP contribution < -0.4 is 9.47 Å². The van der Waals surface area contributed by atoms with Gasteiger partial charge in [-0.05, 0) is 57.9 Å². The van der Waals surface area contributed by atoms with Crippen molar-refractivity contribution in [3.8, 4) is 11.5 Å². The zero-order valence-electron chi connectivity index (χ0n) is 13.6. The van der Waals surface area contributed by atoms with E-state index in [9.17, 15) is 5.11 Å². The number of rotatable bonds is 4. The van der Waals surface area contributed by atoms with Crippen molar-refractivity contribution in [1.82, 2.24) is 4.90 Å². The fourth-order valence-corrected chi connectivity index (χ4v) is 3.10. The highest BCUT2D eigenvalue weighted by molar-refractivity contribution is 5.44. The highest BCUT2D eigenvalue weighted by Crippen LogP contribution is 2.40. The maximum absolute atomic E-state index is 11.2. The predicted octanol–water partition coefficient (Wildman–Crippen LogP) is 2.79. The van der Waals surface area contributed by atoms with Gasteiger partial charge in [-0.15, -0.1) is 0 Å². The smallest absolute Gasteiger partial charge is 0.125 e. The molecule has 1 aliphatic heterocycles. The Balaban J connectivity index is 2.30. The molecule has 1 fully saturated rings. The third-order valence-electron chi connectivity index (χ3n) is 4.49. The van der Waals surface area contributed by atoms with Gasteiger partial charge in [0.2, 0.25) is 0 Å². The molecule has 0 bridgehead atoms. The van der Waals surface area contributed by atoms with E-state index >= 15 is 0 Å². The first kappa shape index (κ1) is 16.1. The molecule has 21 heavy (non-hydrogen) atoms. The van der Waals surface area contributed by atoms with Crippen LogP contribution in [0.5, 0.6) is 11.5 Å². The van der Waals surface area contributed by atoms with Crippen molar-refractivity contribution in [2.45, 2.75) is 44.8 Å². The Kier molecular flexibility index (Phi) is 5.12. The number of benzene rings is 1. The number of hydrogen-bond acceptors (Lipinski definition) is 4. The molecule has 0 radical (unpaired) electrons. The van der Waals surface area contributed by atoms with Crippen LogP contribution >= 0.6 is 0 Å². The number of methoxy groups -OCH3 is 2. The molecule has 118 valence electrons. The summed E-state index contributed by atoms with van der Waals surface area (Å²) in [6, 6.07) is 6.16. The van der Waals surface area contributed by atoms with E-state index in [-0.39, 0.29) is 0 Å². The Labute approximate surface area is 127 Å². The van der Waals surface area contributed by atoms with E-state index in [1.54, 1.807) is 14.2 Å². The topological polar surface area (TPSA) is 41.9 Å². The molecule has 2 rings (SSSR count). The van der Waals surface area contributed by atoms with E-state index in [1.807, 2.05) is 18.2 Å². The second kappa shape index (κ2) is 6.67. The zero-order valence-corrected chi connectivity index (χ0v) is 13.6. The summed E-state index contributed by atoms with van der Waals surface area (Å²) >= 11 is 0. The van der Waals surface area contributed by atoms with Gasteiger partial charge in [-0.2, -0.15) is 0 Å². The number of likely N-dealkylation sites (tertiary alicyclic amines) is 1. The molecule has 1 aromatic carbocycles. The molecular formula is C17H27NO3. The monoisotopic (exact) mass is 293 g/mol. The summed E-state index contributed by atoms with van der Waals surface area (Å²) in [6.45, 7) is 6.34. The minimum absolute atomic E-state index is 0.513. The summed E-state index contributed by atoms with van der Waals surface area (Å²) in [5.41, 5.74) is -0.00117. The maximum atomic E-state index is 11.2. The van der Waals surface area contributed by atoms with E-state index in [0.717, 1.165) is 43.0 Å². The third kappa shape index (κ3) is 3.50. The van der Waals surface area contributed by atoms with Gasteiger partial charge in [0.15, 0.2) is 0 Å². The average molecular weight is 293 g/mol. The molecule has 4 nitrogen and oxygen atoms in total. The van der Waals surface area contributed by atoms with Gasteiger partial charge in [0, 0.05) is 18.2 Å². The molecule has 1 aromatic rings. The Morgan fingerprint density at radius 3 is 2.52 bits per heavy atom. The first-order chi connectivity index (χ1) is 10.00. The van der Waals surface area contributed by atoms with E-state index in [0.29, 0.717) is 12.5 Å². The number of nitrogens with zero attached hydrogens (tertiary/aromatic N) is 1. The van der Waals surface area contributed by atoms with Crippen LogP contribution in [0.15, 0.2) is 18.2 Å². The lowest BCUT2D eigenvalue weighted by atomic mass is 9.86. The van der Waals surface area contributed by atoms with Crippen LogP contribution in [-0.4, -0.2) is 43.4 Å². The Bertz CT molecular complexity index is 475. The molecule has 0 saturated carbocycles. The lowest BCUT2D eigenvalue weighted by Gasteiger charge is -2.30. The van der Waals surface area contributed by atoms with E-state index in [1.165, 1.54) is 0 Å². The molecule has 4 heteroatoms. The minimum Gasteiger partial charge on any atom is -0.497 e. The van der Waals surface area contributed by atoms with E-state index in [4.69, 9.17) is 9.47 Å². The van der Waals surface area contributed by atoms with Crippen molar-refractivity contribution in [2.24, 2.45) is 0 Å². The van der Waals surface area contributed by atoms with Gasteiger partial charge in [-0.3, -0.25) is 0 Å². The molecule has 0 aliphatic carbocycles. The molecular weight excluding hydrogens is 266 g/mol. The molecule has 1 saturated heterocycles. The molecule has 1 N–H and O–H groups in total. The largest absolute Gasteiger partial charge is 0.497 e. The van der Waals surface area contributed by atoms with Crippen molar-refractivity contribution < 1.29 is 14.6 Å². The SMILES string of the molecule is COc1ccc(OC)c(C2(O)CCCN(C(C)C)CC2)c1. The molecule has 1 aliphatic rings. The maximum Gasteiger partial charge on any atom is 0.125 e. The molecule has 1 unspecified atom stereocenters. The Morgan fingerprint density at radius 2 is 1.90 bits per heavy atom. The highest BCUT2D eigenvalue weighted by Gasteiger charge is 2.35. The Morgan fingerprint density at radius 1 is 1.14 bits per heavy atom. The third-order valence-corrected chi connectivity index (χ3v) is 4.49. The van der Waals surface area contributed by atoms with Crippen molar-refractivity contribution in [3.05, 3.63) is 23.8 Å². The van der Waals surface area contributed by atoms with Crippen molar-refractivity contribution in [2.75, 3.05) is 27.3 Å². The quantitative estimate of drug-likeness (QED) is 0.927. The zero-order chi connectivity index (χ0) is 15.5. The Hall–Kier alpha value is -1.26. The van der Waals surface area contributed by atoms with E-state index in [2.05, 4.69) is 18.7 Å². The van der Waals surface area contributed by atoms with Gasteiger partial charge in [0.1, 0.15) is 11.5 Å². The molecule has 0 spiro atoms. The molecule has 1 atom stereocenters. The molecule has 1 heterocycles. The fraction of sp³-hybridized carbons (Fsp3) is 0.647. The summed E-state index contributed by atoms with van der Waals surface area (Å²) < 4.78 is 10.8. The van der Waals surface area contributed by atoms with Gasteiger partial charge in [0.25, 0.3) is 0 Å². The summed E-state index contributed by atoms with van der Waals surface area (Å²) in [6.07, 6.45) is 2.45. The van der Waals surface area contributed by atoms with Crippen LogP contribution in [0.2, 0.25) is 0 Å². The summed E-state index contributed by atoms with van der Waals surface area (Å²) in [4.78, 5) is 2.42. The van der Waals surface area contributed by atoms with Crippen molar-refractivity contribution in [3.63, 3.8) is 0 Å². The van der Waals surface area contributed by atoms with Gasteiger partial charge < -0.3 is 19.5 Å². The molecule has 0 amide bonds. The van der Waals surface area contributed by atoms with Gasteiger partial charge >= 0.3 is 0 Å². The first-order valence-corrected chi connectivity index (χ1v) is 7.69. The van der Waals surface area contributed by atoms with Gasteiger partial charge in [0.05, 0.1) is 19.8 Å². The van der Waals surface area contributed by atoms with Crippen LogP contribution in [0, 0.1) is 0 Å². The summed E-state index contributed by atoms with van der Waals surface area (Å²) in [5.74, 6) is 1.49. The van der Waals surface area contributed by atoms with Crippen LogP contribution in [0.3, 0.4) is 0 Å². The normalized spacial score (nSPS) is 23.9. The summed E-state index contributed by atoms with van der Waals surface area (Å²) in [7, 11) is 3.29. The number of hydrogen-bond donors (Lipinski definition) is 1. The van der Waals surface area contributed by atoms with Gasteiger partial charge in [-0.1, -0.05) is 0 Å². The number of ether oxygens (including phenoxy) is 2.